The van der Waals surface area contributed by atoms with E-state index in [1.54, 1.807) is 0 Å². The Labute approximate surface area is 177 Å². The number of hydrogen-bond donors (Lipinski definition) is 2. The molecule has 30 heavy (non-hydrogen) atoms. The van der Waals surface area contributed by atoms with Gasteiger partial charge in [0.15, 0.2) is 0 Å². The van der Waals surface area contributed by atoms with Crippen molar-refractivity contribution in [2.75, 3.05) is 18.9 Å². The average Bonchev–Trinajstić information content (AvgIpc) is 3.09. The van der Waals surface area contributed by atoms with Crippen LogP contribution in [0.5, 0.6) is 0 Å². The van der Waals surface area contributed by atoms with Crippen LogP contribution in [0, 0.1) is 6.92 Å². The van der Waals surface area contributed by atoms with Crippen molar-refractivity contribution in [3.05, 3.63) is 95.1 Å². The number of para-hydroxylation sites is 1. The molecule has 0 saturated heterocycles. The third-order valence-corrected chi connectivity index (χ3v) is 5.58. The predicted octanol–water partition coefficient (Wildman–Crippen LogP) is 5.52. The number of aryl methyl sites for hydroxylation is 1. The molecule has 3 N–H and O–H groups in total. The number of hydrogen-bond acceptors (Lipinski definition) is 3. The molecule has 0 aliphatic heterocycles. The van der Waals surface area contributed by atoms with Gasteiger partial charge in [0, 0.05) is 18.2 Å². The lowest BCUT2D eigenvalue weighted by atomic mass is 9.98. The molecule has 0 bridgehead atoms. The molecular formula is C26H26N2O2. The zero-order valence-corrected chi connectivity index (χ0v) is 17.1. The van der Waals surface area contributed by atoms with Gasteiger partial charge in [-0.05, 0) is 46.7 Å². The van der Waals surface area contributed by atoms with Crippen LogP contribution in [0.3, 0.4) is 0 Å². The van der Waals surface area contributed by atoms with Gasteiger partial charge in [0.1, 0.15) is 6.61 Å². The van der Waals surface area contributed by atoms with Crippen molar-refractivity contribution in [3.8, 4) is 11.1 Å². The van der Waals surface area contributed by atoms with Gasteiger partial charge in [-0.3, -0.25) is 0 Å². The van der Waals surface area contributed by atoms with Crippen molar-refractivity contribution in [2.45, 2.75) is 19.3 Å². The molecule has 0 aromatic heterocycles. The lowest BCUT2D eigenvalue weighted by Crippen LogP contribution is -2.26. The van der Waals surface area contributed by atoms with Gasteiger partial charge in [0.05, 0.1) is 0 Å². The van der Waals surface area contributed by atoms with E-state index >= 15 is 0 Å². The second-order valence-electron chi connectivity index (χ2n) is 7.52. The number of ether oxygens (including phenoxy) is 1. The first-order valence-corrected chi connectivity index (χ1v) is 10.3. The number of carbonyl (C=O) groups excluding carboxylic acids is 1. The zero-order chi connectivity index (χ0) is 20.9. The molecule has 1 aliphatic rings. The van der Waals surface area contributed by atoms with E-state index in [0.29, 0.717) is 19.6 Å². The summed E-state index contributed by atoms with van der Waals surface area (Å²) in [5, 5.41) is 2.82. The number of nitrogens with one attached hydrogen (secondary N) is 1. The van der Waals surface area contributed by atoms with Crippen LogP contribution < -0.4 is 11.1 Å². The first-order chi connectivity index (χ1) is 14.6. The second-order valence-corrected chi connectivity index (χ2v) is 7.52. The predicted molar refractivity (Wildman–Crippen MR) is 122 cm³/mol. The summed E-state index contributed by atoms with van der Waals surface area (Å²) in [4.78, 5) is 12.2. The van der Waals surface area contributed by atoms with Crippen LogP contribution in [0.4, 0.5) is 10.5 Å². The lowest BCUT2D eigenvalue weighted by molar-refractivity contribution is 0.143. The van der Waals surface area contributed by atoms with Gasteiger partial charge in [0.25, 0.3) is 0 Å². The van der Waals surface area contributed by atoms with Crippen LogP contribution >= 0.6 is 0 Å². The molecule has 0 radical (unpaired) electrons. The Morgan fingerprint density at radius 2 is 1.67 bits per heavy atom. The van der Waals surface area contributed by atoms with Crippen molar-refractivity contribution in [1.29, 1.82) is 0 Å². The minimum absolute atomic E-state index is 0.0762. The number of nitrogen functional groups attached to an aromatic ring is 1. The summed E-state index contributed by atoms with van der Waals surface area (Å²) >= 11 is 0. The molecule has 0 unspecified atom stereocenters. The molecule has 0 fully saturated rings. The van der Waals surface area contributed by atoms with Crippen molar-refractivity contribution >= 4 is 17.9 Å². The van der Waals surface area contributed by atoms with Gasteiger partial charge >= 0.3 is 6.09 Å². The van der Waals surface area contributed by atoms with E-state index in [-0.39, 0.29) is 12.0 Å². The maximum absolute atomic E-state index is 12.2. The molecule has 0 heterocycles. The Bertz CT molecular complexity index is 1040. The zero-order valence-electron chi connectivity index (χ0n) is 17.1. The van der Waals surface area contributed by atoms with Gasteiger partial charge in [-0.2, -0.15) is 0 Å². The van der Waals surface area contributed by atoms with Crippen molar-refractivity contribution in [1.82, 2.24) is 5.32 Å². The van der Waals surface area contributed by atoms with Crippen molar-refractivity contribution < 1.29 is 9.53 Å². The molecule has 4 heteroatoms. The molecule has 1 aliphatic carbocycles. The molecule has 4 nitrogen and oxygen atoms in total. The summed E-state index contributed by atoms with van der Waals surface area (Å²) in [6, 6.07) is 22.6. The van der Waals surface area contributed by atoms with Crippen LogP contribution in [0.1, 0.15) is 34.6 Å². The Hall–Kier alpha value is -3.53. The normalized spacial score (nSPS) is 12.6. The van der Waals surface area contributed by atoms with E-state index in [2.05, 4.69) is 29.6 Å². The molecular weight excluding hydrogens is 372 g/mol. The molecule has 4 rings (SSSR count). The average molecular weight is 399 g/mol. The monoisotopic (exact) mass is 398 g/mol. The van der Waals surface area contributed by atoms with Crippen molar-refractivity contribution in [2.24, 2.45) is 0 Å². The highest BCUT2D eigenvalue weighted by atomic mass is 16.5. The van der Waals surface area contributed by atoms with Crippen LogP contribution in [0.2, 0.25) is 0 Å². The smallest absolute Gasteiger partial charge is 0.407 e. The number of alkyl carbamates (subject to hydrolysis) is 1. The number of carbonyl (C=O) groups is 1. The van der Waals surface area contributed by atoms with E-state index in [9.17, 15) is 4.79 Å². The number of fused-ring (bicyclic) bond motifs is 3. The number of benzene rings is 3. The highest BCUT2D eigenvalue weighted by Gasteiger charge is 2.28. The Morgan fingerprint density at radius 3 is 2.37 bits per heavy atom. The van der Waals surface area contributed by atoms with Gasteiger partial charge in [-0.25, -0.2) is 4.79 Å². The maximum Gasteiger partial charge on any atom is 0.407 e. The van der Waals surface area contributed by atoms with Crippen LogP contribution in [-0.4, -0.2) is 19.2 Å². The molecule has 0 spiro atoms. The van der Waals surface area contributed by atoms with Crippen LogP contribution in [0.25, 0.3) is 17.2 Å². The van der Waals surface area contributed by atoms with Gasteiger partial charge in [0.2, 0.25) is 0 Å². The summed E-state index contributed by atoms with van der Waals surface area (Å²) < 4.78 is 5.55. The van der Waals surface area contributed by atoms with E-state index in [1.165, 1.54) is 22.3 Å². The van der Waals surface area contributed by atoms with Gasteiger partial charge < -0.3 is 15.8 Å². The maximum atomic E-state index is 12.2. The minimum Gasteiger partial charge on any atom is -0.449 e. The Kier molecular flexibility index (Phi) is 5.84. The van der Waals surface area contributed by atoms with Crippen LogP contribution in [-0.2, 0) is 4.74 Å². The molecule has 0 saturated carbocycles. The topological polar surface area (TPSA) is 64.3 Å². The summed E-state index contributed by atoms with van der Waals surface area (Å²) in [5.41, 5.74) is 13.8. The third-order valence-electron chi connectivity index (χ3n) is 5.58. The summed E-state index contributed by atoms with van der Waals surface area (Å²) in [7, 11) is 0. The number of anilines is 1. The molecule has 1 amide bonds. The summed E-state index contributed by atoms with van der Waals surface area (Å²) in [5.74, 6) is 0.0762. The lowest BCUT2D eigenvalue weighted by Gasteiger charge is -2.14. The fourth-order valence-corrected chi connectivity index (χ4v) is 3.97. The molecule has 3 aromatic rings. The SMILES string of the molecule is Cc1cccc(C=CCCNC(=O)OCC2c3ccccc3-c3ccccc32)c1N. The van der Waals surface area contributed by atoms with Gasteiger partial charge in [-0.1, -0.05) is 78.9 Å². The summed E-state index contributed by atoms with van der Waals surface area (Å²) in [6.07, 6.45) is 4.31. The first-order valence-electron chi connectivity index (χ1n) is 10.3. The highest BCUT2D eigenvalue weighted by Crippen LogP contribution is 2.44. The summed E-state index contributed by atoms with van der Waals surface area (Å²) in [6.45, 7) is 2.83. The van der Waals surface area contributed by atoms with E-state index < -0.39 is 0 Å². The number of rotatable bonds is 6. The largest absolute Gasteiger partial charge is 0.449 e. The second kappa shape index (κ2) is 8.87. The molecule has 3 aromatic carbocycles. The van der Waals surface area contributed by atoms with Gasteiger partial charge in [-0.15, -0.1) is 0 Å². The fourth-order valence-electron chi connectivity index (χ4n) is 3.97. The van der Waals surface area contributed by atoms with E-state index in [1.807, 2.05) is 61.5 Å². The Balaban J connectivity index is 1.28. The van der Waals surface area contributed by atoms with Crippen molar-refractivity contribution in [3.63, 3.8) is 0 Å². The molecule has 0 atom stereocenters. The standard InChI is InChI=1S/C26H26N2O2/c1-18-9-8-11-19(25(18)27)10-6-7-16-28-26(29)30-17-24-22-14-4-2-12-20(22)21-13-3-5-15-23(21)24/h2-6,8-15,24H,7,16-17,27H2,1H3,(H,28,29). The quantitative estimate of drug-likeness (QED) is 0.424. The minimum atomic E-state index is -0.389. The fraction of sp³-hybridized carbons (Fsp3) is 0.192. The third kappa shape index (κ3) is 4.08. The first kappa shape index (κ1) is 19.8. The van der Waals surface area contributed by atoms with Crippen LogP contribution in [0.15, 0.2) is 72.8 Å². The number of nitrogens with two attached hydrogens (primary N) is 1. The highest BCUT2D eigenvalue weighted by molar-refractivity contribution is 5.79. The Morgan fingerprint density at radius 1 is 1.00 bits per heavy atom. The molecule has 152 valence electrons. The van der Waals surface area contributed by atoms with E-state index in [4.69, 9.17) is 10.5 Å². The number of amides is 1. The van der Waals surface area contributed by atoms with E-state index in [0.717, 1.165) is 16.8 Å².